The number of carboxylic acid groups (broad SMARTS) is 1. The zero-order valence-electron chi connectivity index (χ0n) is 11.9. The Morgan fingerprint density at radius 2 is 2.00 bits per heavy atom. The maximum atomic E-state index is 12.4. The highest BCUT2D eigenvalue weighted by atomic mass is 35.5. The molecular formula is C12H14ClF3N2O4. The molecule has 10 heteroatoms. The molecule has 124 valence electrons. The van der Waals surface area contributed by atoms with Crippen molar-refractivity contribution in [2.24, 2.45) is 5.41 Å². The highest BCUT2D eigenvalue weighted by Gasteiger charge is 2.36. The van der Waals surface area contributed by atoms with E-state index in [2.05, 4.69) is 5.10 Å². The number of nitrogens with zero attached hydrogens (tertiary/aromatic N) is 2. The highest BCUT2D eigenvalue weighted by Crippen LogP contribution is 2.27. The number of rotatable bonds is 4. The largest absolute Gasteiger partial charge is 0.478 e. The second kappa shape index (κ2) is 6.15. The quantitative estimate of drug-likeness (QED) is 0.908. The van der Waals surface area contributed by atoms with Crippen molar-refractivity contribution in [3.05, 3.63) is 21.6 Å². The van der Waals surface area contributed by atoms with Gasteiger partial charge in [-0.15, -0.1) is 0 Å². The van der Waals surface area contributed by atoms with E-state index in [9.17, 15) is 22.8 Å². The van der Waals surface area contributed by atoms with Crippen LogP contribution in [0.1, 0.15) is 20.8 Å². The number of aliphatic carboxylic acids is 1. The van der Waals surface area contributed by atoms with Crippen LogP contribution in [-0.4, -0.2) is 33.1 Å². The molecule has 0 aliphatic rings. The average molecular weight is 343 g/mol. The Balaban J connectivity index is 3.27. The van der Waals surface area contributed by atoms with Gasteiger partial charge in [-0.1, -0.05) is 32.4 Å². The molecular weight excluding hydrogens is 329 g/mol. The van der Waals surface area contributed by atoms with E-state index in [1.54, 1.807) is 0 Å². The molecule has 0 aliphatic heterocycles. The normalized spacial score (nSPS) is 13.8. The lowest BCUT2D eigenvalue weighted by Gasteiger charge is -2.27. The average Bonchev–Trinajstić information content (AvgIpc) is 2.29. The maximum Gasteiger partial charge on any atom is 0.408 e. The standard InChI is InChI=1S/C12H14ClF3N2O4/c1-11(2,3)8(10(20)21)22-7-6(13)4-17-18(9(7)19)5-12(14,15)16/h4,8H,5H2,1-3H3,(H,20,21). The molecule has 0 aliphatic carbocycles. The molecule has 1 aromatic heterocycles. The van der Waals surface area contributed by atoms with Gasteiger partial charge in [-0.25, -0.2) is 9.48 Å². The number of alkyl halides is 3. The third-order valence-electron chi connectivity index (χ3n) is 2.53. The summed E-state index contributed by atoms with van der Waals surface area (Å²) in [5.41, 5.74) is -2.17. The fraction of sp³-hybridized carbons (Fsp3) is 0.583. The van der Waals surface area contributed by atoms with Crippen molar-refractivity contribution in [3.63, 3.8) is 0 Å². The summed E-state index contributed by atoms with van der Waals surface area (Å²) >= 11 is 5.70. The van der Waals surface area contributed by atoms with Gasteiger partial charge in [-0.05, 0) is 0 Å². The smallest absolute Gasteiger partial charge is 0.408 e. The summed E-state index contributed by atoms with van der Waals surface area (Å²) in [5, 5.41) is 12.0. The molecule has 22 heavy (non-hydrogen) atoms. The van der Waals surface area contributed by atoms with E-state index in [0.29, 0.717) is 0 Å². The van der Waals surface area contributed by atoms with Gasteiger partial charge in [0.1, 0.15) is 11.6 Å². The van der Waals surface area contributed by atoms with E-state index in [1.807, 2.05) is 0 Å². The summed E-state index contributed by atoms with van der Waals surface area (Å²) in [6.07, 6.45) is -5.34. The predicted octanol–water partition coefficient (Wildman–Crippen LogP) is 2.34. The van der Waals surface area contributed by atoms with Crippen LogP contribution in [0, 0.1) is 5.41 Å². The molecule has 0 amide bonds. The van der Waals surface area contributed by atoms with Crippen molar-refractivity contribution in [2.45, 2.75) is 39.6 Å². The lowest BCUT2D eigenvalue weighted by atomic mass is 9.89. The van der Waals surface area contributed by atoms with Crippen LogP contribution in [0.3, 0.4) is 0 Å². The number of hydrogen-bond donors (Lipinski definition) is 1. The molecule has 0 saturated carbocycles. The third kappa shape index (κ3) is 4.62. The fourth-order valence-corrected chi connectivity index (χ4v) is 1.72. The van der Waals surface area contributed by atoms with Crippen molar-refractivity contribution in [3.8, 4) is 5.75 Å². The van der Waals surface area contributed by atoms with Crippen LogP contribution >= 0.6 is 11.6 Å². The molecule has 1 heterocycles. The number of aromatic nitrogens is 2. The van der Waals surface area contributed by atoms with E-state index >= 15 is 0 Å². The molecule has 1 rings (SSSR count). The summed E-state index contributed by atoms with van der Waals surface area (Å²) in [5.74, 6) is -2.05. The lowest BCUT2D eigenvalue weighted by molar-refractivity contribution is -0.151. The molecule has 6 nitrogen and oxygen atoms in total. The van der Waals surface area contributed by atoms with Gasteiger partial charge in [0.05, 0.1) is 6.20 Å². The molecule has 0 fully saturated rings. The summed E-state index contributed by atoms with van der Waals surface area (Å²) in [4.78, 5) is 23.2. The zero-order valence-corrected chi connectivity index (χ0v) is 12.7. The molecule has 1 unspecified atom stereocenters. The zero-order chi connectivity index (χ0) is 17.3. The SMILES string of the molecule is CC(C)(C)C(Oc1c(Cl)cnn(CC(F)(F)F)c1=O)C(=O)O. The molecule has 0 aromatic carbocycles. The Labute approximate surface area is 128 Å². The van der Waals surface area contributed by atoms with Crippen LogP contribution in [0.4, 0.5) is 13.2 Å². The van der Waals surface area contributed by atoms with Gasteiger partial charge < -0.3 is 9.84 Å². The lowest BCUT2D eigenvalue weighted by Crippen LogP contribution is -2.41. The van der Waals surface area contributed by atoms with E-state index in [1.165, 1.54) is 20.8 Å². The second-order valence-electron chi connectivity index (χ2n) is 5.60. The summed E-state index contributed by atoms with van der Waals surface area (Å²) in [6, 6.07) is 0. The molecule has 0 spiro atoms. The van der Waals surface area contributed by atoms with Gasteiger partial charge in [0, 0.05) is 5.41 Å². The Morgan fingerprint density at radius 1 is 1.45 bits per heavy atom. The molecule has 0 radical (unpaired) electrons. The minimum atomic E-state index is -4.67. The van der Waals surface area contributed by atoms with E-state index < -0.39 is 41.5 Å². The van der Waals surface area contributed by atoms with Gasteiger partial charge >= 0.3 is 17.7 Å². The van der Waals surface area contributed by atoms with Crippen LogP contribution in [0.15, 0.2) is 11.0 Å². The van der Waals surface area contributed by atoms with Crippen molar-refractivity contribution < 1.29 is 27.8 Å². The number of carboxylic acids is 1. The first-order valence-electron chi connectivity index (χ1n) is 6.05. The Hall–Kier alpha value is -1.77. The van der Waals surface area contributed by atoms with Gasteiger partial charge in [0.25, 0.3) is 0 Å². The van der Waals surface area contributed by atoms with E-state index in [-0.39, 0.29) is 9.70 Å². The highest BCUT2D eigenvalue weighted by molar-refractivity contribution is 6.31. The van der Waals surface area contributed by atoms with Crippen molar-refractivity contribution in [1.82, 2.24) is 9.78 Å². The van der Waals surface area contributed by atoms with Gasteiger partial charge in [-0.2, -0.15) is 18.3 Å². The third-order valence-corrected chi connectivity index (χ3v) is 2.80. The first-order chi connectivity index (χ1) is 9.83. The summed E-state index contributed by atoms with van der Waals surface area (Å²) < 4.78 is 42.3. The number of halogens is 4. The summed E-state index contributed by atoms with van der Waals surface area (Å²) in [6.45, 7) is 2.98. The molecule has 1 N–H and O–H groups in total. The first kappa shape index (κ1) is 18.3. The minimum Gasteiger partial charge on any atom is -0.478 e. The second-order valence-corrected chi connectivity index (χ2v) is 6.01. The van der Waals surface area contributed by atoms with Crippen LogP contribution in [0.2, 0.25) is 5.02 Å². The Bertz CT molecular complexity index is 622. The van der Waals surface area contributed by atoms with Gasteiger partial charge in [0.15, 0.2) is 0 Å². The van der Waals surface area contributed by atoms with E-state index in [4.69, 9.17) is 21.4 Å². The predicted molar refractivity (Wildman–Crippen MR) is 71.1 cm³/mol. The van der Waals surface area contributed by atoms with Crippen LogP contribution in [-0.2, 0) is 11.3 Å². The molecule has 1 atom stereocenters. The summed E-state index contributed by atoms with van der Waals surface area (Å²) in [7, 11) is 0. The minimum absolute atomic E-state index is 0.114. The van der Waals surface area contributed by atoms with Crippen molar-refractivity contribution in [2.75, 3.05) is 0 Å². The number of carbonyl (C=O) groups is 1. The Kier molecular flexibility index (Phi) is 5.11. The molecule has 0 saturated heterocycles. The number of hydrogen-bond acceptors (Lipinski definition) is 4. The number of ether oxygens (including phenoxy) is 1. The monoisotopic (exact) mass is 342 g/mol. The Morgan fingerprint density at radius 3 is 2.41 bits per heavy atom. The van der Waals surface area contributed by atoms with Gasteiger partial charge in [-0.3, -0.25) is 4.79 Å². The van der Waals surface area contributed by atoms with Crippen molar-refractivity contribution >= 4 is 17.6 Å². The van der Waals surface area contributed by atoms with E-state index in [0.717, 1.165) is 6.20 Å². The van der Waals surface area contributed by atoms with Crippen LogP contribution < -0.4 is 10.3 Å². The van der Waals surface area contributed by atoms with Crippen molar-refractivity contribution in [1.29, 1.82) is 0 Å². The van der Waals surface area contributed by atoms with Gasteiger partial charge in [0.2, 0.25) is 11.9 Å². The fourth-order valence-electron chi connectivity index (χ4n) is 1.56. The van der Waals surface area contributed by atoms with Crippen LogP contribution in [0.5, 0.6) is 5.75 Å². The molecule has 0 bridgehead atoms. The molecule has 1 aromatic rings. The first-order valence-corrected chi connectivity index (χ1v) is 6.42. The topological polar surface area (TPSA) is 81.4 Å². The van der Waals surface area contributed by atoms with Crippen LogP contribution in [0.25, 0.3) is 0 Å². The maximum absolute atomic E-state index is 12.4.